The molecule has 154 valence electrons. The van der Waals surface area contributed by atoms with Gasteiger partial charge in [0, 0.05) is 31.6 Å². The number of morpholine rings is 1. The number of rotatable bonds is 4. The van der Waals surface area contributed by atoms with Crippen molar-refractivity contribution in [1.29, 1.82) is 0 Å². The third kappa shape index (κ3) is 3.83. The van der Waals surface area contributed by atoms with Crippen molar-refractivity contribution in [1.82, 2.24) is 14.9 Å². The van der Waals surface area contributed by atoms with Gasteiger partial charge < -0.3 is 14.1 Å². The molecule has 2 aliphatic heterocycles. The van der Waals surface area contributed by atoms with E-state index in [1.165, 1.54) is 25.8 Å². The standard InChI is InChI=1S/C23H30N4O2/c1-16-13-26(14-17(2)28-16)10-7-18-8-11-27(12-9-18)23-22-21(24-15-25-23)19-5-3-4-6-20(19)29-22/h3-6,15-18H,7-14H2,1-2H3. The van der Waals surface area contributed by atoms with E-state index in [-0.39, 0.29) is 0 Å². The normalized spacial score (nSPS) is 24.6. The maximum atomic E-state index is 6.13. The molecule has 0 N–H and O–H groups in total. The Kier molecular flexibility index (Phi) is 5.14. The minimum absolute atomic E-state index is 0.351. The highest BCUT2D eigenvalue weighted by Gasteiger charge is 2.26. The first-order valence-electron chi connectivity index (χ1n) is 10.9. The SMILES string of the molecule is CC1CN(CCC2CCN(c3ncnc4c3oc3ccccc34)CC2)CC(C)O1. The van der Waals surface area contributed by atoms with Crippen LogP contribution in [0, 0.1) is 5.92 Å². The topological polar surface area (TPSA) is 54.6 Å². The van der Waals surface area contributed by atoms with Crippen molar-refractivity contribution in [3.8, 4) is 0 Å². The summed E-state index contributed by atoms with van der Waals surface area (Å²) in [4.78, 5) is 14.0. The smallest absolute Gasteiger partial charge is 0.196 e. The van der Waals surface area contributed by atoms with E-state index in [0.717, 1.165) is 60.0 Å². The molecule has 29 heavy (non-hydrogen) atoms. The molecule has 0 spiro atoms. The highest BCUT2D eigenvalue weighted by Crippen LogP contribution is 2.34. The molecule has 0 saturated carbocycles. The number of hydrogen-bond donors (Lipinski definition) is 0. The summed E-state index contributed by atoms with van der Waals surface area (Å²) in [6.45, 7) is 9.74. The fourth-order valence-corrected chi connectivity index (χ4v) is 5.00. The number of benzene rings is 1. The van der Waals surface area contributed by atoms with Crippen molar-refractivity contribution in [3.63, 3.8) is 0 Å². The van der Waals surface area contributed by atoms with Crippen LogP contribution in [0.25, 0.3) is 22.1 Å². The summed E-state index contributed by atoms with van der Waals surface area (Å²) in [6.07, 6.45) is 6.07. The molecule has 0 amide bonds. The second-order valence-electron chi connectivity index (χ2n) is 8.71. The molecule has 2 saturated heterocycles. The van der Waals surface area contributed by atoms with E-state index in [4.69, 9.17) is 9.15 Å². The van der Waals surface area contributed by atoms with Gasteiger partial charge in [-0.1, -0.05) is 12.1 Å². The Morgan fingerprint density at radius 3 is 2.59 bits per heavy atom. The molecule has 5 rings (SSSR count). The summed E-state index contributed by atoms with van der Waals surface area (Å²) in [5, 5.41) is 1.06. The predicted octanol–water partition coefficient (Wildman–Crippen LogP) is 4.09. The third-order valence-electron chi connectivity index (χ3n) is 6.40. The Morgan fingerprint density at radius 2 is 1.79 bits per heavy atom. The first-order chi connectivity index (χ1) is 14.2. The summed E-state index contributed by atoms with van der Waals surface area (Å²) < 4.78 is 12.0. The fourth-order valence-electron chi connectivity index (χ4n) is 5.00. The Balaban J connectivity index is 1.23. The molecule has 3 aromatic rings. The van der Waals surface area contributed by atoms with Crippen molar-refractivity contribution in [2.75, 3.05) is 37.6 Å². The summed E-state index contributed by atoms with van der Waals surface area (Å²) in [5.74, 6) is 1.73. The van der Waals surface area contributed by atoms with E-state index in [0.29, 0.717) is 12.2 Å². The van der Waals surface area contributed by atoms with Gasteiger partial charge in [-0.15, -0.1) is 0 Å². The molecular weight excluding hydrogens is 364 g/mol. The number of furan rings is 1. The molecule has 0 bridgehead atoms. The molecule has 2 fully saturated rings. The van der Waals surface area contributed by atoms with Gasteiger partial charge in [0.1, 0.15) is 17.4 Å². The third-order valence-corrected chi connectivity index (χ3v) is 6.40. The van der Waals surface area contributed by atoms with Crippen LogP contribution < -0.4 is 4.90 Å². The molecule has 0 aliphatic carbocycles. The highest BCUT2D eigenvalue weighted by atomic mass is 16.5. The molecule has 2 unspecified atom stereocenters. The zero-order chi connectivity index (χ0) is 19.8. The lowest BCUT2D eigenvalue weighted by Gasteiger charge is -2.37. The van der Waals surface area contributed by atoms with Crippen LogP contribution in [0.4, 0.5) is 5.82 Å². The summed E-state index contributed by atoms with van der Waals surface area (Å²) in [7, 11) is 0. The summed E-state index contributed by atoms with van der Waals surface area (Å²) >= 11 is 0. The minimum Gasteiger partial charge on any atom is -0.450 e. The molecule has 2 atom stereocenters. The molecule has 2 aliphatic rings. The molecule has 6 nitrogen and oxygen atoms in total. The van der Waals surface area contributed by atoms with Crippen LogP contribution in [0.15, 0.2) is 35.0 Å². The van der Waals surface area contributed by atoms with Gasteiger partial charge in [-0.3, -0.25) is 4.90 Å². The fraction of sp³-hybridized carbons (Fsp3) is 0.565. The average molecular weight is 395 g/mol. The number of ether oxygens (including phenoxy) is 1. The highest BCUT2D eigenvalue weighted by molar-refractivity contribution is 6.05. The molecule has 4 heterocycles. The lowest BCUT2D eigenvalue weighted by Crippen LogP contribution is -2.46. The quantitative estimate of drug-likeness (QED) is 0.664. The van der Waals surface area contributed by atoms with E-state index in [1.807, 2.05) is 18.2 Å². The van der Waals surface area contributed by atoms with Crippen molar-refractivity contribution in [2.24, 2.45) is 5.92 Å². The average Bonchev–Trinajstić information content (AvgIpc) is 3.11. The monoisotopic (exact) mass is 394 g/mol. The second kappa shape index (κ2) is 7.92. The van der Waals surface area contributed by atoms with Crippen LogP contribution in [0.3, 0.4) is 0 Å². The lowest BCUT2D eigenvalue weighted by molar-refractivity contribution is -0.0690. The predicted molar refractivity (Wildman–Crippen MR) is 115 cm³/mol. The molecule has 1 aromatic carbocycles. The van der Waals surface area contributed by atoms with Crippen molar-refractivity contribution < 1.29 is 9.15 Å². The molecule has 6 heteroatoms. The van der Waals surface area contributed by atoms with Gasteiger partial charge in [0.2, 0.25) is 0 Å². The van der Waals surface area contributed by atoms with Gasteiger partial charge >= 0.3 is 0 Å². The number of hydrogen-bond acceptors (Lipinski definition) is 6. The summed E-state index contributed by atoms with van der Waals surface area (Å²) in [5.41, 5.74) is 2.62. The number of anilines is 1. The van der Waals surface area contributed by atoms with E-state index in [1.54, 1.807) is 6.33 Å². The summed E-state index contributed by atoms with van der Waals surface area (Å²) in [6, 6.07) is 8.09. The van der Waals surface area contributed by atoms with Gasteiger partial charge in [0.15, 0.2) is 11.4 Å². The zero-order valence-electron chi connectivity index (χ0n) is 17.4. The second-order valence-corrected chi connectivity index (χ2v) is 8.71. The van der Waals surface area contributed by atoms with Crippen LogP contribution in [0.5, 0.6) is 0 Å². The number of fused-ring (bicyclic) bond motifs is 3. The maximum absolute atomic E-state index is 6.13. The van der Waals surface area contributed by atoms with E-state index in [9.17, 15) is 0 Å². The number of aromatic nitrogens is 2. The van der Waals surface area contributed by atoms with Crippen molar-refractivity contribution in [2.45, 2.75) is 45.3 Å². The molecule has 0 radical (unpaired) electrons. The number of para-hydroxylation sites is 1. The number of nitrogens with zero attached hydrogens (tertiary/aromatic N) is 4. The van der Waals surface area contributed by atoms with E-state index >= 15 is 0 Å². The van der Waals surface area contributed by atoms with Crippen molar-refractivity contribution in [3.05, 3.63) is 30.6 Å². The Labute approximate surface area is 171 Å². The van der Waals surface area contributed by atoms with Crippen LogP contribution in [0.1, 0.15) is 33.1 Å². The molecule has 2 aromatic heterocycles. The zero-order valence-corrected chi connectivity index (χ0v) is 17.4. The van der Waals surface area contributed by atoms with Crippen molar-refractivity contribution >= 4 is 27.9 Å². The van der Waals surface area contributed by atoms with Crippen LogP contribution >= 0.6 is 0 Å². The first kappa shape index (κ1) is 18.8. The van der Waals surface area contributed by atoms with Crippen LogP contribution in [-0.2, 0) is 4.74 Å². The van der Waals surface area contributed by atoms with Crippen LogP contribution in [-0.4, -0.2) is 59.8 Å². The van der Waals surface area contributed by atoms with Gasteiger partial charge in [-0.05, 0) is 57.7 Å². The Hall–Kier alpha value is -2.18. The lowest BCUT2D eigenvalue weighted by atomic mass is 9.93. The van der Waals surface area contributed by atoms with Crippen LogP contribution in [0.2, 0.25) is 0 Å². The largest absolute Gasteiger partial charge is 0.450 e. The van der Waals surface area contributed by atoms with Gasteiger partial charge in [-0.25, -0.2) is 9.97 Å². The number of piperidine rings is 1. The van der Waals surface area contributed by atoms with Gasteiger partial charge in [0.25, 0.3) is 0 Å². The maximum Gasteiger partial charge on any atom is 0.196 e. The van der Waals surface area contributed by atoms with Gasteiger partial charge in [-0.2, -0.15) is 0 Å². The first-order valence-corrected chi connectivity index (χ1v) is 10.9. The Bertz CT molecular complexity index is 969. The molecular formula is C23H30N4O2. The Morgan fingerprint density at radius 1 is 1.03 bits per heavy atom. The van der Waals surface area contributed by atoms with E-state index in [2.05, 4.69) is 39.7 Å². The minimum atomic E-state index is 0.351. The van der Waals surface area contributed by atoms with E-state index < -0.39 is 0 Å². The van der Waals surface area contributed by atoms with Gasteiger partial charge in [0.05, 0.1) is 12.2 Å².